The molecule has 0 aliphatic heterocycles. The zero-order valence-corrected chi connectivity index (χ0v) is 9.29. The van der Waals surface area contributed by atoms with E-state index in [9.17, 15) is 0 Å². The van der Waals surface area contributed by atoms with Crippen LogP contribution in [0.4, 0.5) is 0 Å². The lowest BCUT2D eigenvalue weighted by Gasteiger charge is -1.90. The van der Waals surface area contributed by atoms with Crippen LogP contribution in [0.1, 0.15) is 24.1 Å². The molecule has 0 aromatic carbocycles. The van der Waals surface area contributed by atoms with Crippen LogP contribution >= 0.6 is 35.0 Å². The van der Waals surface area contributed by atoms with Gasteiger partial charge in [-0.3, -0.25) is 0 Å². The summed E-state index contributed by atoms with van der Waals surface area (Å²) in [5.41, 5.74) is 0. The van der Waals surface area contributed by atoms with Crippen LogP contribution in [0, 0.1) is 0 Å². The second-order valence-electron chi connectivity index (χ2n) is 3.00. The van der Waals surface area contributed by atoms with Crippen molar-refractivity contribution in [1.82, 2.24) is 10.1 Å². The summed E-state index contributed by atoms with van der Waals surface area (Å²) in [6.07, 6.45) is 2.69. The van der Waals surface area contributed by atoms with Gasteiger partial charge in [0.2, 0.25) is 5.89 Å². The van der Waals surface area contributed by atoms with E-state index in [1.807, 2.05) is 6.26 Å². The predicted octanol–water partition coefficient (Wildman–Crippen LogP) is 2.59. The van der Waals surface area contributed by atoms with Gasteiger partial charge in [-0.2, -0.15) is 16.7 Å². The van der Waals surface area contributed by atoms with Crippen molar-refractivity contribution in [2.75, 3.05) is 6.26 Å². The van der Waals surface area contributed by atoms with Crippen LogP contribution in [-0.4, -0.2) is 20.7 Å². The van der Waals surface area contributed by atoms with Crippen LogP contribution in [-0.2, 0) is 5.75 Å². The molecule has 0 saturated heterocycles. The fraction of sp³-hybridized carbons (Fsp3) is 0.714. The highest BCUT2D eigenvalue weighted by Gasteiger charge is 2.56. The Hall–Kier alpha value is 0.0700. The van der Waals surface area contributed by atoms with Gasteiger partial charge in [0.15, 0.2) is 5.82 Å². The van der Waals surface area contributed by atoms with E-state index in [-0.39, 0.29) is 5.92 Å². The summed E-state index contributed by atoms with van der Waals surface area (Å²) in [5, 5.41) is 3.81. The van der Waals surface area contributed by atoms with Crippen molar-refractivity contribution in [1.29, 1.82) is 0 Å². The van der Waals surface area contributed by atoms with E-state index < -0.39 is 4.33 Å². The number of nitrogens with zero attached hydrogens (tertiary/aromatic N) is 2. The SMILES string of the molecule is CSCc1noc(C2CC2(Cl)Cl)n1. The fourth-order valence-corrected chi connectivity index (χ4v) is 1.95. The van der Waals surface area contributed by atoms with Crippen molar-refractivity contribution in [3.05, 3.63) is 11.7 Å². The first-order valence-corrected chi connectivity index (χ1v) is 5.97. The normalized spacial score (nSPS) is 24.7. The minimum absolute atomic E-state index is 0.0268. The molecule has 1 fully saturated rings. The fourth-order valence-electron chi connectivity index (χ4n) is 1.08. The maximum atomic E-state index is 5.86. The number of hydrogen-bond donors (Lipinski definition) is 0. The first kappa shape index (κ1) is 9.62. The molecule has 3 nitrogen and oxygen atoms in total. The molecule has 0 bridgehead atoms. The Bertz CT molecular complexity index is 315. The van der Waals surface area contributed by atoms with Gasteiger partial charge in [-0.25, -0.2) is 0 Å². The van der Waals surface area contributed by atoms with E-state index in [0.717, 1.165) is 5.75 Å². The molecule has 1 unspecified atom stereocenters. The van der Waals surface area contributed by atoms with Gasteiger partial charge in [-0.05, 0) is 12.7 Å². The van der Waals surface area contributed by atoms with Crippen LogP contribution in [0.25, 0.3) is 0 Å². The van der Waals surface area contributed by atoms with Gasteiger partial charge in [0, 0.05) is 0 Å². The second-order valence-corrected chi connectivity index (χ2v) is 5.41. The predicted molar refractivity (Wildman–Crippen MR) is 53.3 cm³/mol. The van der Waals surface area contributed by atoms with E-state index in [1.165, 1.54) is 0 Å². The average molecular weight is 239 g/mol. The Kier molecular flexibility index (Phi) is 2.47. The summed E-state index contributed by atoms with van der Waals surface area (Å²) in [6.45, 7) is 0. The Balaban J connectivity index is 2.07. The molecule has 1 aromatic rings. The van der Waals surface area contributed by atoms with Crippen molar-refractivity contribution in [3.63, 3.8) is 0 Å². The minimum Gasteiger partial charge on any atom is -0.339 e. The number of halogens is 2. The number of hydrogen-bond acceptors (Lipinski definition) is 4. The quantitative estimate of drug-likeness (QED) is 0.760. The standard InChI is InChI=1S/C7H8Cl2N2OS/c1-13-3-5-10-6(12-11-5)4-2-7(4,8)9/h4H,2-3H2,1H3. The lowest BCUT2D eigenvalue weighted by Crippen LogP contribution is -1.90. The highest BCUT2D eigenvalue weighted by Crippen LogP contribution is 2.58. The summed E-state index contributed by atoms with van der Waals surface area (Å²) in [5.74, 6) is 2.06. The van der Waals surface area contributed by atoms with Gasteiger partial charge in [0.25, 0.3) is 0 Å². The monoisotopic (exact) mass is 238 g/mol. The van der Waals surface area contributed by atoms with Crippen molar-refractivity contribution in [3.8, 4) is 0 Å². The Morgan fingerprint density at radius 1 is 1.69 bits per heavy atom. The average Bonchev–Trinajstić information content (AvgIpc) is 2.52. The third-order valence-corrected chi connectivity index (χ3v) is 3.26. The molecule has 0 spiro atoms. The Labute approximate surface area is 90.2 Å². The van der Waals surface area contributed by atoms with Crippen LogP contribution in [0.5, 0.6) is 0 Å². The lowest BCUT2D eigenvalue weighted by atomic mass is 10.4. The van der Waals surface area contributed by atoms with Gasteiger partial charge in [0.1, 0.15) is 4.33 Å². The van der Waals surface area contributed by atoms with E-state index in [4.69, 9.17) is 27.7 Å². The molecule has 0 radical (unpaired) electrons. The molecule has 0 amide bonds. The van der Waals surface area contributed by atoms with Crippen molar-refractivity contribution in [2.24, 2.45) is 0 Å². The molecule has 1 heterocycles. The first-order chi connectivity index (χ1) is 6.13. The topological polar surface area (TPSA) is 38.9 Å². The van der Waals surface area contributed by atoms with Gasteiger partial charge >= 0.3 is 0 Å². The van der Waals surface area contributed by atoms with E-state index in [0.29, 0.717) is 18.1 Å². The zero-order valence-electron chi connectivity index (χ0n) is 6.96. The highest BCUT2D eigenvalue weighted by molar-refractivity contribution is 7.97. The molecule has 1 saturated carbocycles. The van der Waals surface area contributed by atoms with Gasteiger partial charge in [-0.15, -0.1) is 23.2 Å². The Morgan fingerprint density at radius 3 is 2.92 bits per heavy atom. The summed E-state index contributed by atoms with van der Waals surface area (Å²) < 4.78 is 4.36. The van der Waals surface area contributed by atoms with E-state index in [2.05, 4.69) is 10.1 Å². The smallest absolute Gasteiger partial charge is 0.232 e. The second kappa shape index (κ2) is 3.33. The number of thioether (sulfide) groups is 1. The van der Waals surface area contributed by atoms with Crippen LogP contribution in [0.2, 0.25) is 0 Å². The summed E-state index contributed by atoms with van der Waals surface area (Å²) in [4.78, 5) is 4.19. The molecule has 1 aliphatic rings. The number of rotatable bonds is 3. The van der Waals surface area contributed by atoms with Crippen molar-refractivity contribution < 1.29 is 4.52 Å². The van der Waals surface area contributed by atoms with Gasteiger partial charge < -0.3 is 4.52 Å². The molecule has 1 aromatic heterocycles. The maximum Gasteiger partial charge on any atom is 0.232 e. The molecule has 13 heavy (non-hydrogen) atoms. The minimum atomic E-state index is -0.677. The van der Waals surface area contributed by atoms with Crippen molar-refractivity contribution >= 4 is 35.0 Å². The Morgan fingerprint density at radius 2 is 2.38 bits per heavy atom. The molecule has 1 atom stereocenters. The summed E-state index contributed by atoms with van der Waals surface area (Å²) >= 11 is 13.4. The molecule has 1 aliphatic carbocycles. The number of alkyl halides is 2. The molecule has 2 rings (SSSR count). The molecule has 6 heteroatoms. The van der Waals surface area contributed by atoms with Gasteiger partial charge in [0.05, 0.1) is 11.7 Å². The lowest BCUT2D eigenvalue weighted by molar-refractivity contribution is 0.375. The van der Waals surface area contributed by atoms with Crippen LogP contribution in [0.3, 0.4) is 0 Å². The van der Waals surface area contributed by atoms with Crippen molar-refractivity contribution in [2.45, 2.75) is 22.4 Å². The summed E-state index contributed by atoms with van der Waals surface area (Å²) in [7, 11) is 0. The third kappa shape index (κ3) is 1.95. The molecule has 0 N–H and O–H groups in total. The maximum absolute atomic E-state index is 5.86. The van der Waals surface area contributed by atoms with Crippen LogP contribution < -0.4 is 0 Å². The highest BCUT2D eigenvalue weighted by atomic mass is 35.5. The van der Waals surface area contributed by atoms with E-state index in [1.54, 1.807) is 11.8 Å². The third-order valence-electron chi connectivity index (χ3n) is 1.88. The first-order valence-electron chi connectivity index (χ1n) is 3.83. The molecular formula is C7H8Cl2N2OS. The molecular weight excluding hydrogens is 231 g/mol. The van der Waals surface area contributed by atoms with Crippen LogP contribution in [0.15, 0.2) is 4.52 Å². The zero-order chi connectivity index (χ0) is 9.47. The van der Waals surface area contributed by atoms with Gasteiger partial charge in [-0.1, -0.05) is 5.16 Å². The molecule has 72 valence electrons. The summed E-state index contributed by atoms with van der Waals surface area (Å²) in [6, 6.07) is 0. The number of aromatic nitrogens is 2. The van der Waals surface area contributed by atoms with E-state index >= 15 is 0 Å². The largest absolute Gasteiger partial charge is 0.339 e.